The van der Waals surface area contributed by atoms with Crippen LogP contribution in [0.15, 0.2) is 12.7 Å². The standard InChI is InChI=1S/C4H6O2.C3H8O3S.K/c1-3-4(5)6-2;1-2-3-7(4,5)6;/h3H,1H2,2H3;2-3H2,1H3,(H,4,5,6);/q;;+1/p-1. The smallest absolute Gasteiger partial charge is 0.748 e. The van der Waals surface area contributed by atoms with Crippen LogP contribution in [-0.2, 0) is 19.6 Å². The van der Waals surface area contributed by atoms with E-state index in [0.717, 1.165) is 6.08 Å². The third-order valence-electron chi connectivity index (χ3n) is 0.822. The van der Waals surface area contributed by atoms with Gasteiger partial charge in [0.2, 0.25) is 0 Å². The fourth-order valence-corrected chi connectivity index (χ4v) is 0.833. The molecule has 0 radical (unpaired) electrons. The largest absolute Gasteiger partial charge is 1.00 e. The van der Waals surface area contributed by atoms with Crippen molar-refractivity contribution < 1.29 is 73.9 Å². The minimum Gasteiger partial charge on any atom is -0.748 e. The summed E-state index contributed by atoms with van der Waals surface area (Å²) in [6.07, 6.45) is 1.52. The zero-order valence-corrected chi connectivity index (χ0v) is 12.6. The minimum atomic E-state index is -3.92. The molecule has 0 spiro atoms. The van der Waals surface area contributed by atoms with Gasteiger partial charge in [0.25, 0.3) is 0 Å². The molecule has 0 atom stereocenters. The molecule has 5 nitrogen and oxygen atoms in total. The van der Waals surface area contributed by atoms with Crippen molar-refractivity contribution >= 4 is 16.1 Å². The maximum Gasteiger partial charge on any atom is 1.00 e. The maximum absolute atomic E-state index is 9.84. The number of esters is 1. The van der Waals surface area contributed by atoms with Crippen LogP contribution in [0, 0.1) is 0 Å². The second-order valence-electron chi connectivity index (χ2n) is 1.99. The molecule has 0 unspecified atom stereocenters. The van der Waals surface area contributed by atoms with Crippen molar-refractivity contribution in [1.82, 2.24) is 0 Å². The van der Waals surface area contributed by atoms with Gasteiger partial charge in [-0.3, -0.25) is 0 Å². The monoisotopic (exact) mass is 248 g/mol. The van der Waals surface area contributed by atoms with Crippen LogP contribution in [0.5, 0.6) is 0 Å². The molecule has 0 saturated carbocycles. The Morgan fingerprint density at radius 2 is 2.00 bits per heavy atom. The number of hydrogen-bond acceptors (Lipinski definition) is 5. The van der Waals surface area contributed by atoms with Gasteiger partial charge in [0.15, 0.2) is 0 Å². The summed E-state index contributed by atoms with van der Waals surface area (Å²) in [7, 11) is -2.61. The third kappa shape index (κ3) is 23.0. The van der Waals surface area contributed by atoms with E-state index in [1.807, 2.05) is 0 Å². The summed E-state index contributed by atoms with van der Waals surface area (Å²) in [4.78, 5) is 9.84. The number of rotatable bonds is 3. The zero-order chi connectivity index (χ0) is 10.9. The first-order valence-corrected chi connectivity index (χ1v) is 5.09. The molecule has 0 rings (SSSR count). The summed E-state index contributed by atoms with van der Waals surface area (Å²) in [5, 5.41) is 0. The molecule has 0 aliphatic heterocycles. The fraction of sp³-hybridized carbons (Fsp3) is 0.571. The molecule has 0 aliphatic rings. The van der Waals surface area contributed by atoms with E-state index in [2.05, 4.69) is 11.3 Å². The third-order valence-corrected chi connectivity index (χ3v) is 1.73. The van der Waals surface area contributed by atoms with Crippen LogP contribution in [0.3, 0.4) is 0 Å². The van der Waals surface area contributed by atoms with Crippen LogP contribution in [0.4, 0.5) is 0 Å². The molecule has 0 aromatic rings. The van der Waals surface area contributed by atoms with Gasteiger partial charge in [-0.2, -0.15) is 0 Å². The second-order valence-corrected chi connectivity index (χ2v) is 3.51. The van der Waals surface area contributed by atoms with Crippen molar-refractivity contribution in [2.45, 2.75) is 13.3 Å². The summed E-state index contributed by atoms with van der Waals surface area (Å²) < 4.78 is 33.2. The van der Waals surface area contributed by atoms with E-state index in [4.69, 9.17) is 0 Å². The minimum absolute atomic E-state index is 0. The predicted molar refractivity (Wildman–Crippen MR) is 47.1 cm³/mol. The van der Waals surface area contributed by atoms with Crippen LogP contribution < -0.4 is 51.4 Å². The topological polar surface area (TPSA) is 83.5 Å². The first-order chi connectivity index (χ1) is 5.87. The molecular formula is C7H13KO5S. The number of ether oxygens (including phenoxy) is 1. The van der Waals surface area contributed by atoms with Gasteiger partial charge >= 0.3 is 57.4 Å². The summed E-state index contributed by atoms with van der Waals surface area (Å²) in [5.74, 6) is -0.637. The van der Waals surface area contributed by atoms with E-state index >= 15 is 0 Å². The summed E-state index contributed by atoms with van der Waals surface area (Å²) >= 11 is 0. The van der Waals surface area contributed by atoms with E-state index < -0.39 is 16.1 Å². The van der Waals surface area contributed by atoms with Crippen LogP contribution in [0.25, 0.3) is 0 Å². The number of hydrogen-bond donors (Lipinski definition) is 0. The van der Waals surface area contributed by atoms with E-state index in [9.17, 15) is 17.8 Å². The number of methoxy groups -OCH3 is 1. The molecule has 0 aromatic carbocycles. The van der Waals surface area contributed by atoms with Crippen LogP contribution in [0.1, 0.15) is 13.3 Å². The van der Waals surface area contributed by atoms with E-state index in [-0.39, 0.29) is 57.1 Å². The molecule has 0 heterocycles. The molecular weight excluding hydrogens is 235 g/mol. The molecule has 7 heteroatoms. The van der Waals surface area contributed by atoms with Gasteiger partial charge in [-0.25, -0.2) is 13.2 Å². The Hall–Kier alpha value is 0.756. The Morgan fingerprint density at radius 3 is 2.00 bits per heavy atom. The molecule has 78 valence electrons. The maximum atomic E-state index is 9.84. The quantitative estimate of drug-likeness (QED) is 0.235. The van der Waals surface area contributed by atoms with Gasteiger partial charge in [-0.1, -0.05) is 13.5 Å². The van der Waals surface area contributed by atoms with Crippen molar-refractivity contribution in [3.8, 4) is 0 Å². The second kappa shape index (κ2) is 11.8. The summed E-state index contributed by atoms with van der Waals surface area (Å²) in [5.41, 5.74) is 0. The van der Waals surface area contributed by atoms with Crippen molar-refractivity contribution in [2.24, 2.45) is 0 Å². The van der Waals surface area contributed by atoms with Gasteiger partial charge < -0.3 is 9.29 Å². The van der Waals surface area contributed by atoms with E-state index in [0.29, 0.717) is 6.42 Å². The van der Waals surface area contributed by atoms with Crippen molar-refractivity contribution in [1.29, 1.82) is 0 Å². The molecule has 0 bridgehead atoms. The van der Waals surface area contributed by atoms with Crippen molar-refractivity contribution in [3.05, 3.63) is 12.7 Å². The number of carbonyl (C=O) groups excluding carboxylic acids is 1. The molecule has 0 fully saturated rings. The molecule has 0 N–H and O–H groups in total. The van der Waals surface area contributed by atoms with Crippen LogP contribution in [0.2, 0.25) is 0 Å². The average Bonchev–Trinajstić information content (AvgIpc) is 2.02. The van der Waals surface area contributed by atoms with Gasteiger partial charge in [0.05, 0.1) is 17.2 Å². The predicted octanol–water partition coefficient (Wildman–Crippen LogP) is -2.71. The molecule has 14 heavy (non-hydrogen) atoms. The van der Waals surface area contributed by atoms with E-state index in [1.165, 1.54) is 7.11 Å². The van der Waals surface area contributed by atoms with E-state index in [1.54, 1.807) is 6.92 Å². The Morgan fingerprint density at radius 1 is 1.57 bits per heavy atom. The Labute approximate surface area is 127 Å². The average molecular weight is 248 g/mol. The molecule has 0 saturated heterocycles. The van der Waals surface area contributed by atoms with Crippen LogP contribution >= 0.6 is 0 Å². The van der Waals surface area contributed by atoms with Crippen LogP contribution in [-0.4, -0.2) is 31.8 Å². The summed E-state index contributed by atoms with van der Waals surface area (Å²) in [6, 6.07) is 0. The Bertz CT molecular complexity index is 247. The van der Waals surface area contributed by atoms with Gasteiger partial charge in [-0.05, 0) is 6.42 Å². The van der Waals surface area contributed by atoms with Crippen molar-refractivity contribution in [3.63, 3.8) is 0 Å². The van der Waals surface area contributed by atoms with Gasteiger partial charge in [-0.15, -0.1) is 0 Å². The molecule has 0 aromatic heterocycles. The Kier molecular flexibility index (Phi) is 17.1. The molecule has 0 aliphatic carbocycles. The molecule has 0 amide bonds. The first-order valence-electron chi connectivity index (χ1n) is 3.51. The zero-order valence-electron chi connectivity index (χ0n) is 8.65. The Balaban J connectivity index is -0.000000163. The number of carbonyl (C=O) groups is 1. The van der Waals surface area contributed by atoms with Gasteiger partial charge in [0.1, 0.15) is 0 Å². The fourth-order valence-electron chi connectivity index (χ4n) is 0.333. The summed E-state index contributed by atoms with van der Waals surface area (Å²) in [6.45, 7) is 4.81. The SMILES string of the molecule is C=CC(=O)OC.CCCS(=O)(=O)[O-].[K+]. The van der Waals surface area contributed by atoms with Gasteiger partial charge in [0, 0.05) is 11.8 Å². The first kappa shape index (κ1) is 20.2. The van der Waals surface area contributed by atoms with Crippen molar-refractivity contribution in [2.75, 3.05) is 12.9 Å². The normalized spacial score (nSPS) is 8.79.